The normalized spacial score (nSPS) is 16.4. The molecule has 0 fully saturated rings. The Morgan fingerprint density at radius 2 is 1.56 bits per heavy atom. The number of allylic oxidation sites excluding steroid dienone is 4. The van der Waals surface area contributed by atoms with Gasteiger partial charge in [-0.2, -0.15) is 0 Å². The van der Waals surface area contributed by atoms with Crippen molar-refractivity contribution in [2.24, 2.45) is 11.5 Å². The summed E-state index contributed by atoms with van der Waals surface area (Å²) >= 11 is 0. The van der Waals surface area contributed by atoms with Crippen LogP contribution in [0.3, 0.4) is 0 Å². The molecule has 39 heavy (non-hydrogen) atoms. The van der Waals surface area contributed by atoms with E-state index in [1.807, 2.05) is 40.1 Å². The van der Waals surface area contributed by atoms with Crippen molar-refractivity contribution in [2.75, 3.05) is 69.4 Å². The molecule has 1 aliphatic rings. The van der Waals surface area contributed by atoms with Crippen LogP contribution in [0.2, 0.25) is 0 Å². The van der Waals surface area contributed by atoms with Crippen LogP contribution in [0.15, 0.2) is 71.4 Å². The largest absolute Gasteiger partial charge is 0.401 e. The third-order valence-electron chi connectivity index (χ3n) is 6.46. The van der Waals surface area contributed by atoms with Crippen molar-refractivity contribution in [1.29, 1.82) is 0 Å². The van der Waals surface area contributed by atoms with Gasteiger partial charge in [-0.05, 0) is 55.7 Å². The van der Waals surface area contributed by atoms with E-state index in [9.17, 15) is 20.4 Å². The Morgan fingerprint density at radius 3 is 2.15 bits per heavy atom. The molecule has 0 saturated carbocycles. The average molecular weight is 545 g/mol. The second-order valence-corrected chi connectivity index (χ2v) is 9.50. The van der Waals surface area contributed by atoms with Crippen molar-refractivity contribution in [3.8, 4) is 0 Å². The fraction of sp³-hybridized carbons (Fsp3) is 0.517. The Balaban J connectivity index is 2.02. The summed E-state index contributed by atoms with van der Waals surface area (Å²) < 4.78 is 0. The minimum atomic E-state index is 0.0192. The highest BCUT2D eigenvalue weighted by molar-refractivity contribution is 5.58. The quantitative estimate of drug-likeness (QED) is 0.126. The molecule has 0 bridgehead atoms. The fourth-order valence-corrected chi connectivity index (χ4v) is 4.46. The molecule has 218 valence electrons. The van der Waals surface area contributed by atoms with E-state index >= 15 is 0 Å². The summed E-state index contributed by atoms with van der Waals surface area (Å²) in [6, 6.07) is 7.96. The summed E-state index contributed by atoms with van der Waals surface area (Å²) in [6.45, 7) is 4.59. The van der Waals surface area contributed by atoms with E-state index in [0.29, 0.717) is 44.1 Å². The van der Waals surface area contributed by atoms with E-state index in [-0.39, 0.29) is 32.5 Å². The molecular weight excluding hydrogens is 496 g/mol. The molecule has 0 spiro atoms. The molecule has 0 saturated heterocycles. The molecule has 1 aromatic carbocycles. The highest BCUT2D eigenvalue weighted by atomic mass is 16.3. The standard InChI is InChI=1S/C29H48N6O4/c1-2-4-29(33-25-8-11-27(12-9-25)35(15-19-38)16-20-39)28(31)21-23(30)22-32-24-5-3-6-26(10-7-24)34(13-17-36)14-18-37/h6-12,21,24,32-33,36-39H,2-5,13-20,22,30-31H2,1H3/b23-21+,29-28-. The van der Waals surface area contributed by atoms with E-state index in [1.54, 1.807) is 6.08 Å². The van der Waals surface area contributed by atoms with Gasteiger partial charge in [0.05, 0.1) is 32.1 Å². The van der Waals surface area contributed by atoms with Crippen LogP contribution in [-0.2, 0) is 0 Å². The minimum Gasteiger partial charge on any atom is -0.401 e. The zero-order valence-electron chi connectivity index (χ0n) is 23.2. The Kier molecular flexibility index (Phi) is 15.1. The van der Waals surface area contributed by atoms with Gasteiger partial charge >= 0.3 is 0 Å². The first-order valence-corrected chi connectivity index (χ1v) is 13.8. The molecular formula is C29H48N6O4. The molecule has 0 aromatic heterocycles. The number of nitrogens with zero attached hydrogens (tertiary/aromatic N) is 2. The zero-order valence-corrected chi connectivity index (χ0v) is 23.2. The van der Waals surface area contributed by atoms with Gasteiger partial charge in [0.15, 0.2) is 0 Å². The van der Waals surface area contributed by atoms with Gasteiger partial charge in [0, 0.05) is 67.2 Å². The number of hydrogen-bond donors (Lipinski definition) is 8. The number of rotatable bonds is 18. The van der Waals surface area contributed by atoms with Crippen molar-refractivity contribution in [3.63, 3.8) is 0 Å². The fourth-order valence-electron chi connectivity index (χ4n) is 4.46. The van der Waals surface area contributed by atoms with Gasteiger partial charge in [0.1, 0.15) is 0 Å². The molecule has 0 heterocycles. The van der Waals surface area contributed by atoms with Crippen molar-refractivity contribution in [3.05, 3.63) is 71.4 Å². The van der Waals surface area contributed by atoms with Gasteiger partial charge in [0.2, 0.25) is 0 Å². The van der Waals surface area contributed by atoms with Gasteiger partial charge in [0.25, 0.3) is 0 Å². The van der Waals surface area contributed by atoms with E-state index in [4.69, 9.17) is 11.5 Å². The topological polar surface area (TPSA) is 163 Å². The highest BCUT2D eigenvalue weighted by Crippen LogP contribution is 2.21. The Bertz CT molecular complexity index is 949. The molecule has 2 rings (SSSR count). The molecule has 1 aliphatic carbocycles. The van der Waals surface area contributed by atoms with Crippen LogP contribution in [0.5, 0.6) is 0 Å². The first-order valence-electron chi connectivity index (χ1n) is 13.8. The first-order chi connectivity index (χ1) is 18.9. The summed E-state index contributed by atoms with van der Waals surface area (Å²) in [5, 5.41) is 44.1. The van der Waals surface area contributed by atoms with Crippen LogP contribution < -0.4 is 27.0 Å². The van der Waals surface area contributed by atoms with Crippen LogP contribution in [0.25, 0.3) is 0 Å². The van der Waals surface area contributed by atoms with Crippen LogP contribution in [0, 0.1) is 0 Å². The third-order valence-corrected chi connectivity index (χ3v) is 6.46. The summed E-state index contributed by atoms with van der Waals surface area (Å²) in [7, 11) is 0. The predicted molar refractivity (Wildman–Crippen MR) is 159 cm³/mol. The zero-order chi connectivity index (χ0) is 28.5. The second kappa shape index (κ2) is 18.3. The van der Waals surface area contributed by atoms with E-state index in [0.717, 1.165) is 48.5 Å². The van der Waals surface area contributed by atoms with Crippen LogP contribution in [0.4, 0.5) is 11.4 Å². The van der Waals surface area contributed by atoms with Gasteiger partial charge < -0.3 is 52.3 Å². The lowest BCUT2D eigenvalue weighted by Crippen LogP contribution is -2.31. The molecule has 1 unspecified atom stereocenters. The number of benzene rings is 1. The second-order valence-electron chi connectivity index (χ2n) is 9.50. The molecule has 10 heteroatoms. The highest BCUT2D eigenvalue weighted by Gasteiger charge is 2.12. The molecule has 10 nitrogen and oxygen atoms in total. The number of hydrogen-bond acceptors (Lipinski definition) is 10. The molecule has 1 atom stereocenters. The lowest BCUT2D eigenvalue weighted by Gasteiger charge is -2.23. The van der Waals surface area contributed by atoms with Crippen molar-refractivity contribution in [2.45, 2.75) is 38.6 Å². The van der Waals surface area contributed by atoms with Crippen LogP contribution in [0.1, 0.15) is 32.6 Å². The molecule has 0 amide bonds. The van der Waals surface area contributed by atoms with E-state index in [2.05, 4.69) is 29.7 Å². The van der Waals surface area contributed by atoms with Crippen LogP contribution >= 0.6 is 0 Å². The number of anilines is 2. The van der Waals surface area contributed by atoms with Gasteiger partial charge in [-0.25, -0.2) is 0 Å². The monoisotopic (exact) mass is 544 g/mol. The number of aliphatic hydroxyl groups excluding tert-OH is 4. The maximum absolute atomic E-state index is 9.31. The molecule has 10 N–H and O–H groups in total. The average Bonchev–Trinajstić information content (AvgIpc) is 3.17. The lowest BCUT2D eigenvalue weighted by molar-refractivity contribution is 0.192. The van der Waals surface area contributed by atoms with Gasteiger partial charge in [-0.1, -0.05) is 25.5 Å². The summed E-state index contributed by atoms with van der Waals surface area (Å²) in [5.41, 5.74) is 17.7. The molecule has 0 aliphatic heterocycles. The van der Waals surface area contributed by atoms with Crippen molar-refractivity contribution >= 4 is 11.4 Å². The summed E-state index contributed by atoms with van der Waals surface area (Å²) in [5.74, 6) is 0. The van der Waals surface area contributed by atoms with Crippen molar-refractivity contribution < 1.29 is 20.4 Å². The van der Waals surface area contributed by atoms with E-state index in [1.165, 1.54) is 0 Å². The van der Waals surface area contributed by atoms with Gasteiger partial charge in [-0.3, -0.25) is 0 Å². The molecule has 0 radical (unpaired) electrons. The van der Waals surface area contributed by atoms with E-state index < -0.39 is 0 Å². The first kappa shape index (κ1) is 32.2. The number of aliphatic hydroxyl groups is 4. The Hall–Kier alpha value is -3.02. The number of nitrogens with two attached hydrogens (primary N) is 2. The predicted octanol–water partition coefficient (Wildman–Crippen LogP) is 1.18. The Labute approximate surface area is 233 Å². The van der Waals surface area contributed by atoms with Crippen molar-refractivity contribution in [1.82, 2.24) is 10.2 Å². The Morgan fingerprint density at radius 1 is 0.949 bits per heavy atom. The van der Waals surface area contributed by atoms with Gasteiger partial charge in [-0.15, -0.1) is 0 Å². The number of nitrogens with one attached hydrogen (secondary N) is 2. The third kappa shape index (κ3) is 11.3. The minimum absolute atomic E-state index is 0.0192. The summed E-state index contributed by atoms with van der Waals surface area (Å²) in [4.78, 5) is 3.91. The SMILES string of the molecule is CCC/C(Nc1ccc(N(CCO)CCO)cc1)=C(N)\C=C(\N)CNC1C=CC(N(CCO)CCO)=CCC1. The van der Waals surface area contributed by atoms with Crippen LogP contribution in [-0.4, -0.2) is 90.5 Å². The lowest BCUT2D eigenvalue weighted by atomic mass is 10.1. The molecule has 1 aromatic rings. The smallest absolute Gasteiger partial charge is 0.0606 e. The summed E-state index contributed by atoms with van der Waals surface area (Å²) in [6.07, 6.45) is 11.5. The maximum atomic E-state index is 9.31. The maximum Gasteiger partial charge on any atom is 0.0606 e.